The normalized spacial score (nSPS) is 12.1. The maximum absolute atomic E-state index is 14.4. The summed E-state index contributed by atoms with van der Waals surface area (Å²) in [6, 6.07) is 6.25. The van der Waals surface area contributed by atoms with Gasteiger partial charge in [-0.3, -0.25) is 4.79 Å². The summed E-state index contributed by atoms with van der Waals surface area (Å²) in [4.78, 5) is 8.64. The van der Waals surface area contributed by atoms with Gasteiger partial charge in [0.05, 0.1) is 15.5 Å². The molecule has 0 spiro atoms. The number of carbonyl (C=O) groups excluding carboxylic acids is 1. The number of sulfone groups is 1. The fourth-order valence-corrected chi connectivity index (χ4v) is 5.21. The Morgan fingerprint density at radius 2 is 1.54 bits per heavy atom. The lowest BCUT2D eigenvalue weighted by Gasteiger charge is -2.12. The maximum Gasteiger partial charge on any atom is 0.251 e. The van der Waals surface area contributed by atoms with E-state index >= 15 is 0 Å². The van der Waals surface area contributed by atoms with Crippen molar-refractivity contribution in [3.8, 4) is 0 Å². The fourth-order valence-electron chi connectivity index (χ4n) is 1.99. The molecular weight excluding hydrogens is 383 g/mol. The number of primary amides is 1. The van der Waals surface area contributed by atoms with Crippen LogP contribution in [0.4, 0.5) is 4.39 Å². The molecule has 0 saturated carbocycles. The molecule has 0 bridgehead atoms. The van der Waals surface area contributed by atoms with Crippen molar-refractivity contribution < 1.29 is 26.0 Å². The van der Waals surface area contributed by atoms with E-state index in [0.29, 0.717) is 0 Å². The molecule has 0 saturated heterocycles. The van der Waals surface area contributed by atoms with Crippen molar-refractivity contribution in [2.24, 2.45) is 10.9 Å². The number of carbonyl (C=O) groups is 1. The summed E-state index contributed by atoms with van der Waals surface area (Å²) in [5, 5.41) is 4.45. The van der Waals surface area contributed by atoms with Crippen LogP contribution in [0.2, 0.25) is 5.02 Å². The molecule has 1 amide bonds. The molecule has 0 atom stereocenters. The Morgan fingerprint density at radius 1 is 1.00 bits per heavy atom. The minimum Gasteiger partial charge on any atom is -0.366 e. The summed E-state index contributed by atoms with van der Waals surface area (Å²) in [7, 11) is -9.16. The first-order chi connectivity index (χ1) is 11.0. The zero-order valence-corrected chi connectivity index (χ0v) is 14.1. The lowest BCUT2D eigenvalue weighted by Crippen LogP contribution is -2.19. The number of rotatable bonds is 4. The molecule has 0 radical (unpaired) electrons. The van der Waals surface area contributed by atoms with Gasteiger partial charge in [-0.25, -0.2) is 26.4 Å². The minimum absolute atomic E-state index is 0.540. The highest BCUT2D eigenvalue weighted by atomic mass is 35.5. The van der Waals surface area contributed by atoms with Gasteiger partial charge >= 0.3 is 0 Å². The van der Waals surface area contributed by atoms with E-state index in [1.807, 2.05) is 0 Å². The van der Waals surface area contributed by atoms with Crippen molar-refractivity contribution in [2.45, 2.75) is 14.7 Å². The van der Waals surface area contributed by atoms with E-state index in [4.69, 9.17) is 22.5 Å². The summed E-state index contributed by atoms with van der Waals surface area (Å²) in [6.07, 6.45) is 0. The van der Waals surface area contributed by atoms with Gasteiger partial charge in [-0.2, -0.15) is 0 Å². The molecular formula is C13H10ClFN2O5S2. The summed E-state index contributed by atoms with van der Waals surface area (Å²) in [5.41, 5.74) is 4.28. The van der Waals surface area contributed by atoms with Gasteiger partial charge in [0.2, 0.25) is 19.9 Å². The zero-order chi connectivity index (χ0) is 18.3. The van der Waals surface area contributed by atoms with Crippen LogP contribution in [0.1, 0.15) is 10.4 Å². The third-order valence-electron chi connectivity index (χ3n) is 3.03. The van der Waals surface area contributed by atoms with Crippen LogP contribution in [0.5, 0.6) is 0 Å². The molecule has 0 aromatic heterocycles. The number of sulfonamides is 1. The highest BCUT2D eigenvalue weighted by Gasteiger charge is 2.32. The molecule has 128 valence electrons. The first-order valence-corrected chi connectivity index (χ1v) is 9.53. The van der Waals surface area contributed by atoms with Gasteiger partial charge in [-0.05, 0) is 24.3 Å². The number of halogens is 2. The highest BCUT2D eigenvalue weighted by Crippen LogP contribution is 2.34. The molecule has 0 aliphatic rings. The topological polar surface area (TPSA) is 137 Å². The second kappa shape index (κ2) is 6.13. The molecule has 7 nitrogen and oxygen atoms in total. The smallest absolute Gasteiger partial charge is 0.251 e. The molecule has 0 aliphatic carbocycles. The van der Waals surface area contributed by atoms with Gasteiger partial charge in [0.1, 0.15) is 9.79 Å². The average Bonchev–Trinajstić information content (AvgIpc) is 2.45. The Hall–Kier alpha value is -2.01. The molecule has 0 aliphatic heterocycles. The lowest BCUT2D eigenvalue weighted by atomic mass is 10.2. The van der Waals surface area contributed by atoms with Gasteiger partial charge < -0.3 is 5.73 Å². The summed E-state index contributed by atoms with van der Waals surface area (Å²) < 4.78 is 63.1. The Morgan fingerprint density at radius 3 is 2.04 bits per heavy atom. The quantitative estimate of drug-likeness (QED) is 0.801. The molecule has 0 unspecified atom stereocenters. The SMILES string of the molecule is NC(=O)c1ccc(Cl)c(S(=O)(=O)c2ccccc2S(N)(=O)=O)c1F. The fraction of sp³-hybridized carbons (Fsp3) is 0. The van der Waals surface area contributed by atoms with Crippen molar-refractivity contribution in [3.63, 3.8) is 0 Å². The number of benzene rings is 2. The predicted molar refractivity (Wildman–Crippen MR) is 83.2 cm³/mol. The van der Waals surface area contributed by atoms with Crippen LogP contribution in [0, 0.1) is 5.82 Å². The van der Waals surface area contributed by atoms with Crippen LogP contribution in [-0.4, -0.2) is 22.7 Å². The lowest BCUT2D eigenvalue weighted by molar-refractivity contribution is 0.0996. The Kier molecular flexibility index (Phi) is 4.68. The van der Waals surface area contributed by atoms with E-state index in [0.717, 1.165) is 24.3 Å². The Balaban J connectivity index is 2.89. The number of hydrogen-bond donors (Lipinski definition) is 2. The van der Waals surface area contributed by atoms with E-state index in [-0.39, 0.29) is 0 Å². The van der Waals surface area contributed by atoms with Crippen LogP contribution in [-0.2, 0) is 19.9 Å². The first kappa shape index (κ1) is 18.3. The predicted octanol–water partition coefficient (Wildman–Crippen LogP) is 1.06. The summed E-state index contributed by atoms with van der Waals surface area (Å²) in [6.45, 7) is 0. The van der Waals surface area contributed by atoms with Crippen LogP contribution >= 0.6 is 11.6 Å². The number of primary sulfonamides is 1. The third kappa shape index (κ3) is 3.13. The van der Waals surface area contributed by atoms with Gasteiger partial charge in [0, 0.05) is 0 Å². The van der Waals surface area contributed by atoms with Crippen molar-refractivity contribution in [2.75, 3.05) is 0 Å². The van der Waals surface area contributed by atoms with Crippen LogP contribution in [0.3, 0.4) is 0 Å². The van der Waals surface area contributed by atoms with Gasteiger partial charge in [-0.1, -0.05) is 23.7 Å². The summed E-state index contributed by atoms with van der Waals surface area (Å²) >= 11 is 5.76. The van der Waals surface area contributed by atoms with E-state index in [9.17, 15) is 26.0 Å². The van der Waals surface area contributed by atoms with E-state index < -0.39 is 56.9 Å². The molecule has 11 heteroatoms. The van der Waals surface area contributed by atoms with Crippen LogP contribution in [0.15, 0.2) is 51.1 Å². The van der Waals surface area contributed by atoms with Gasteiger partial charge in [-0.15, -0.1) is 0 Å². The molecule has 2 aromatic carbocycles. The number of hydrogen-bond acceptors (Lipinski definition) is 5. The van der Waals surface area contributed by atoms with Crippen molar-refractivity contribution in [1.82, 2.24) is 0 Å². The third-order valence-corrected chi connectivity index (χ3v) is 6.43. The molecule has 0 fully saturated rings. The van der Waals surface area contributed by atoms with Crippen LogP contribution in [0.25, 0.3) is 0 Å². The molecule has 0 heterocycles. The van der Waals surface area contributed by atoms with Crippen molar-refractivity contribution in [3.05, 3.63) is 52.8 Å². The van der Waals surface area contributed by atoms with Gasteiger partial charge in [0.15, 0.2) is 5.82 Å². The van der Waals surface area contributed by atoms with Crippen molar-refractivity contribution >= 4 is 37.4 Å². The monoisotopic (exact) mass is 392 g/mol. The van der Waals surface area contributed by atoms with E-state index in [1.165, 1.54) is 12.1 Å². The second-order valence-electron chi connectivity index (χ2n) is 4.60. The number of amides is 1. The van der Waals surface area contributed by atoms with Gasteiger partial charge in [0.25, 0.3) is 5.91 Å². The zero-order valence-electron chi connectivity index (χ0n) is 11.7. The highest BCUT2D eigenvalue weighted by molar-refractivity contribution is 7.93. The molecule has 4 N–H and O–H groups in total. The Labute approximate surface area is 142 Å². The number of nitrogens with two attached hydrogens (primary N) is 2. The van der Waals surface area contributed by atoms with E-state index in [1.54, 1.807) is 0 Å². The standard InChI is InChI=1S/C13H10ClFN2O5S2/c14-8-6-5-7(13(16)18)11(15)12(8)23(19,20)9-3-1-2-4-10(9)24(17,21)22/h1-6H,(H2,16,18)(H2,17,21,22). The maximum atomic E-state index is 14.4. The first-order valence-electron chi connectivity index (χ1n) is 6.12. The Bertz CT molecular complexity index is 1050. The summed E-state index contributed by atoms with van der Waals surface area (Å²) in [5.74, 6) is -2.68. The minimum atomic E-state index is -4.74. The van der Waals surface area contributed by atoms with Crippen LogP contribution < -0.4 is 10.9 Å². The average molecular weight is 393 g/mol. The largest absolute Gasteiger partial charge is 0.366 e. The molecule has 2 rings (SSSR count). The molecule has 24 heavy (non-hydrogen) atoms. The molecule has 2 aromatic rings. The second-order valence-corrected chi connectivity index (χ2v) is 8.39. The van der Waals surface area contributed by atoms with Crippen molar-refractivity contribution in [1.29, 1.82) is 0 Å². The van der Waals surface area contributed by atoms with E-state index in [2.05, 4.69) is 0 Å².